The molecule has 0 aliphatic heterocycles. The minimum absolute atomic E-state index is 0.0530. The number of benzene rings is 9. The van der Waals surface area contributed by atoms with E-state index < -0.39 is 0 Å². The van der Waals surface area contributed by atoms with Gasteiger partial charge in [-0.2, -0.15) is 0 Å². The molecule has 10 aromatic rings. The number of para-hydroxylation sites is 1. The summed E-state index contributed by atoms with van der Waals surface area (Å²) in [6.45, 7) is 4.70. The molecule has 0 saturated heterocycles. The van der Waals surface area contributed by atoms with Gasteiger partial charge in [0, 0.05) is 42.5 Å². The van der Waals surface area contributed by atoms with Crippen molar-refractivity contribution in [3.05, 3.63) is 199 Å². The van der Waals surface area contributed by atoms with Gasteiger partial charge in [0.05, 0.1) is 5.69 Å². The Morgan fingerprint density at radius 2 is 1.02 bits per heavy atom. The van der Waals surface area contributed by atoms with Gasteiger partial charge in [0.1, 0.15) is 0 Å². The van der Waals surface area contributed by atoms with E-state index in [9.17, 15) is 0 Å². The van der Waals surface area contributed by atoms with Crippen LogP contribution in [-0.4, -0.2) is 0 Å². The smallest absolute Gasteiger partial charge is 0.0540 e. The van der Waals surface area contributed by atoms with Crippen LogP contribution < -0.4 is 4.90 Å². The van der Waals surface area contributed by atoms with Crippen molar-refractivity contribution in [2.24, 2.45) is 0 Å². The fourth-order valence-electron chi connectivity index (χ4n) is 8.99. The molecule has 0 saturated carbocycles. The highest BCUT2D eigenvalue weighted by atomic mass is 32.1. The van der Waals surface area contributed by atoms with E-state index in [0.717, 1.165) is 17.1 Å². The van der Waals surface area contributed by atoms with Gasteiger partial charge < -0.3 is 4.90 Å². The van der Waals surface area contributed by atoms with Crippen molar-refractivity contribution in [3.8, 4) is 33.4 Å². The highest BCUT2D eigenvalue weighted by molar-refractivity contribution is 7.25. The Kier molecular flexibility index (Phi) is 7.14. The molecular weight excluding hydrogens is 683 g/mol. The number of hydrogen-bond acceptors (Lipinski definition) is 2. The molecule has 260 valence electrons. The second-order valence-corrected chi connectivity index (χ2v) is 16.5. The van der Waals surface area contributed by atoms with Gasteiger partial charge in [-0.1, -0.05) is 141 Å². The topological polar surface area (TPSA) is 3.24 Å². The molecule has 1 aliphatic rings. The predicted molar refractivity (Wildman–Crippen MR) is 237 cm³/mol. The molecule has 0 amide bonds. The third-order valence-electron chi connectivity index (χ3n) is 11.8. The van der Waals surface area contributed by atoms with Crippen LogP contribution >= 0.6 is 11.3 Å². The monoisotopic (exact) mass is 719 g/mol. The Labute approximate surface area is 325 Å². The van der Waals surface area contributed by atoms with E-state index >= 15 is 0 Å². The molecule has 0 spiro atoms. The zero-order chi connectivity index (χ0) is 36.7. The van der Waals surface area contributed by atoms with Gasteiger partial charge in [-0.05, 0) is 121 Å². The molecule has 0 unspecified atom stereocenters. The summed E-state index contributed by atoms with van der Waals surface area (Å²) in [5.41, 5.74) is 13.6. The number of rotatable bonds is 5. The van der Waals surface area contributed by atoms with Crippen LogP contribution in [0.5, 0.6) is 0 Å². The van der Waals surface area contributed by atoms with Crippen LogP contribution in [0.4, 0.5) is 17.1 Å². The van der Waals surface area contributed by atoms with Crippen LogP contribution in [0.1, 0.15) is 25.0 Å². The second-order valence-electron chi connectivity index (χ2n) is 15.4. The predicted octanol–water partition coefficient (Wildman–Crippen LogP) is 15.5. The van der Waals surface area contributed by atoms with Crippen LogP contribution in [0, 0.1) is 0 Å². The first-order chi connectivity index (χ1) is 27.0. The summed E-state index contributed by atoms with van der Waals surface area (Å²) in [5, 5.41) is 7.71. The normalized spacial score (nSPS) is 13.1. The zero-order valence-corrected chi connectivity index (χ0v) is 31.6. The van der Waals surface area contributed by atoms with Crippen LogP contribution in [0.25, 0.3) is 75.1 Å². The van der Waals surface area contributed by atoms with E-state index in [4.69, 9.17) is 0 Å². The van der Waals surface area contributed by atoms with Crippen molar-refractivity contribution in [3.63, 3.8) is 0 Å². The minimum atomic E-state index is -0.0530. The number of hydrogen-bond donors (Lipinski definition) is 0. The van der Waals surface area contributed by atoms with Crippen molar-refractivity contribution in [2.45, 2.75) is 19.3 Å². The maximum atomic E-state index is 2.45. The molecule has 1 aliphatic carbocycles. The minimum Gasteiger partial charge on any atom is -0.310 e. The second kappa shape index (κ2) is 12.3. The standard InChI is InChI=1S/C53H37NS/c1-53(2)48-16-8-5-14-44(48)46-33-42(27-28-49(46)53)54(50-17-9-6-13-43(50)39-22-19-34-11-3-4-12-36(34)29-39)41-25-23-35(24-26-41)37-20-21-38-31-47-45-15-7-10-18-51(45)55-52(47)32-40(38)30-37/h3-33H,1-2H3. The SMILES string of the molecule is CC1(C)c2ccccc2-c2cc(N(c3ccc(-c4ccc5cc6c(cc5c4)sc4ccccc46)cc3)c3ccccc3-c3ccc4ccccc4c3)ccc21. The van der Waals surface area contributed by atoms with Gasteiger partial charge in [0.15, 0.2) is 0 Å². The van der Waals surface area contributed by atoms with E-state index in [1.54, 1.807) is 0 Å². The first-order valence-corrected chi connectivity index (χ1v) is 19.9. The molecule has 1 nitrogen and oxygen atoms in total. The summed E-state index contributed by atoms with van der Waals surface area (Å²) < 4.78 is 2.67. The van der Waals surface area contributed by atoms with Crippen LogP contribution in [0.15, 0.2) is 188 Å². The molecule has 0 bridgehead atoms. The summed E-state index contributed by atoms with van der Waals surface area (Å²) in [6.07, 6.45) is 0. The average molecular weight is 720 g/mol. The molecule has 11 rings (SSSR count). The van der Waals surface area contributed by atoms with Gasteiger partial charge in [0.25, 0.3) is 0 Å². The summed E-state index contributed by atoms with van der Waals surface area (Å²) in [7, 11) is 0. The Bertz CT molecular complexity index is 3130. The van der Waals surface area contributed by atoms with Crippen molar-refractivity contribution in [1.82, 2.24) is 0 Å². The molecule has 9 aromatic carbocycles. The lowest BCUT2D eigenvalue weighted by Crippen LogP contribution is -2.15. The Hall–Kier alpha value is -6.48. The van der Waals surface area contributed by atoms with Gasteiger partial charge in [-0.25, -0.2) is 0 Å². The lowest BCUT2D eigenvalue weighted by atomic mass is 9.82. The molecule has 0 atom stereocenters. The largest absolute Gasteiger partial charge is 0.310 e. The van der Waals surface area contributed by atoms with E-state index in [1.807, 2.05) is 11.3 Å². The number of thiophene rings is 1. The number of anilines is 3. The van der Waals surface area contributed by atoms with Crippen molar-refractivity contribution < 1.29 is 0 Å². The van der Waals surface area contributed by atoms with Gasteiger partial charge in [0.2, 0.25) is 0 Å². The third kappa shape index (κ3) is 5.13. The van der Waals surface area contributed by atoms with Crippen LogP contribution in [-0.2, 0) is 5.41 Å². The summed E-state index contributed by atoms with van der Waals surface area (Å²) in [6, 6.07) is 69.8. The molecule has 0 radical (unpaired) electrons. The maximum Gasteiger partial charge on any atom is 0.0540 e. The first kappa shape index (κ1) is 32.0. The maximum absolute atomic E-state index is 2.45. The molecule has 0 N–H and O–H groups in total. The third-order valence-corrected chi connectivity index (χ3v) is 13.0. The molecule has 55 heavy (non-hydrogen) atoms. The van der Waals surface area contributed by atoms with Crippen LogP contribution in [0.3, 0.4) is 0 Å². The van der Waals surface area contributed by atoms with Crippen LogP contribution in [0.2, 0.25) is 0 Å². The van der Waals surface area contributed by atoms with E-state index in [2.05, 4.69) is 207 Å². The molecule has 1 aromatic heterocycles. The van der Waals surface area contributed by atoms with Crippen molar-refractivity contribution >= 4 is 70.1 Å². The number of fused-ring (bicyclic) bond motifs is 8. The highest BCUT2D eigenvalue weighted by Gasteiger charge is 2.35. The average Bonchev–Trinajstić information content (AvgIpc) is 3.70. The Balaban J connectivity index is 1.05. The van der Waals surface area contributed by atoms with Crippen molar-refractivity contribution in [1.29, 1.82) is 0 Å². The Morgan fingerprint density at radius 1 is 0.382 bits per heavy atom. The zero-order valence-electron chi connectivity index (χ0n) is 30.8. The van der Waals surface area contributed by atoms with Gasteiger partial charge in [-0.3, -0.25) is 0 Å². The summed E-state index contributed by atoms with van der Waals surface area (Å²) >= 11 is 1.88. The first-order valence-electron chi connectivity index (χ1n) is 19.1. The molecule has 1 heterocycles. The highest BCUT2D eigenvalue weighted by Crippen LogP contribution is 2.51. The van der Waals surface area contributed by atoms with E-state index in [1.165, 1.54) is 86.2 Å². The van der Waals surface area contributed by atoms with Gasteiger partial charge in [-0.15, -0.1) is 11.3 Å². The van der Waals surface area contributed by atoms with Crippen molar-refractivity contribution in [2.75, 3.05) is 4.90 Å². The fraction of sp³-hybridized carbons (Fsp3) is 0.0566. The summed E-state index contributed by atoms with van der Waals surface area (Å²) in [4.78, 5) is 2.45. The lowest BCUT2D eigenvalue weighted by Gasteiger charge is -2.29. The van der Waals surface area contributed by atoms with E-state index in [0.29, 0.717) is 0 Å². The Morgan fingerprint density at radius 3 is 1.91 bits per heavy atom. The lowest BCUT2D eigenvalue weighted by molar-refractivity contribution is 0.660. The summed E-state index contributed by atoms with van der Waals surface area (Å²) in [5.74, 6) is 0. The molecule has 0 fully saturated rings. The van der Waals surface area contributed by atoms with E-state index in [-0.39, 0.29) is 5.41 Å². The molecule has 2 heteroatoms. The van der Waals surface area contributed by atoms with Gasteiger partial charge >= 0.3 is 0 Å². The quantitative estimate of drug-likeness (QED) is 0.171. The number of nitrogens with zero attached hydrogens (tertiary/aromatic N) is 1. The fourth-order valence-corrected chi connectivity index (χ4v) is 10.1. The molecular formula is C53H37NS.